The number of carbonyl (C=O) groups is 1. The van der Waals surface area contributed by atoms with Crippen LogP contribution in [0.25, 0.3) is 11.0 Å². The van der Waals surface area contributed by atoms with E-state index in [0.717, 1.165) is 29.9 Å². The van der Waals surface area contributed by atoms with E-state index in [0.29, 0.717) is 6.54 Å². The lowest BCUT2D eigenvalue weighted by Crippen LogP contribution is -2.38. The van der Waals surface area contributed by atoms with Crippen LogP contribution < -0.4 is 10.1 Å². The van der Waals surface area contributed by atoms with E-state index in [1.807, 2.05) is 36.4 Å². The van der Waals surface area contributed by atoms with Crippen molar-refractivity contribution in [3.05, 3.63) is 54.1 Å². The Morgan fingerprint density at radius 1 is 1.14 bits per heavy atom. The minimum atomic E-state index is -0.0617. The highest BCUT2D eigenvalue weighted by Crippen LogP contribution is 2.26. The monoisotopic (exact) mass is 379 g/mol. The predicted molar refractivity (Wildman–Crippen MR) is 107 cm³/mol. The number of benzene rings is 2. The molecule has 0 spiro atoms. The summed E-state index contributed by atoms with van der Waals surface area (Å²) in [5.74, 6) is 0.777. The van der Waals surface area contributed by atoms with Gasteiger partial charge >= 0.3 is 0 Å². The average Bonchev–Trinajstić information content (AvgIpc) is 3.40. The summed E-state index contributed by atoms with van der Waals surface area (Å²) in [4.78, 5) is 15.0. The normalized spacial score (nSPS) is 15.6. The Balaban J connectivity index is 1.43. The summed E-state index contributed by atoms with van der Waals surface area (Å²) in [6.45, 7) is 2.84. The molecular formula is C21H25N5O2. The van der Waals surface area contributed by atoms with E-state index in [4.69, 9.17) is 4.74 Å². The Bertz CT molecular complexity index is 931. The van der Waals surface area contributed by atoms with Crippen LogP contribution in [0.15, 0.2) is 48.5 Å². The quantitative estimate of drug-likeness (QED) is 0.682. The lowest BCUT2D eigenvalue weighted by atomic mass is 10.1. The minimum absolute atomic E-state index is 0.0617. The number of fused-ring (bicyclic) bond motifs is 1. The van der Waals surface area contributed by atoms with Crippen molar-refractivity contribution in [2.75, 3.05) is 26.7 Å². The van der Waals surface area contributed by atoms with Crippen molar-refractivity contribution in [2.24, 2.45) is 0 Å². The Morgan fingerprint density at radius 3 is 2.64 bits per heavy atom. The molecule has 7 heteroatoms. The molecule has 3 aromatic rings. The molecule has 1 aliphatic heterocycles. The van der Waals surface area contributed by atoms with Gasteiger partial charge in [0.05, 0.1) is 18.7 Å². The van der Waals surface area contributed by atoms with E-state index >= 15 is 0 Å². The highest BCUT2D eigenvalue weighted by Gasteiger charge is 2.24. The summed E-state index contributed by atoms with van der Waals surface area (Å²) < 4.78 is 6.91. The number of aromatic nitrogens is 3. The van der Waals surface area contributed by atoms with Crippen LogP contribution in [0.2, 0.25) is 0 Å². The molecule has 4 rings (SSSR count). The first-order valence-electron chi connectivity index (χ1n) is 9.67. The van der Waals surface area contributed by atoms with Crippen LogP contribution in [0.1, 0.15) is 24.4 Å². The van der Waals surface area contributed by atoms with E-state index in [1.54, 1.807) is 11.8 Å². The van der Waals surface area contributed by atoms with E-state index < -0.39 is 0 Å². The molecule has 1 saturated heterocycles. The second-order valence-corrected chi connectivity index (χ2v) is 7.07. The standard InChI is InChI=1S/C21H25N5O2/c1-28-17-10-8-16(9-11-17)20(25-12-4-5-13-25)14-22-21(27)15-26-19-7-3-2-6-18(19)23-24-26/h2-3,6-11,20H,4-5,12-15H2,1H3,(H,22,27). The molecule has 0 bridgehead atoms. The van der Waals surface area contributed by atoms with Crippen LogP contribution in [0, 0.1) is 0 Å². The molecule has 7 nitrogen and oxygen atoms in total. The SMILES string of the molecule is COc1ccc(C(CNC(=O)Cn2nnc3ccccc32)N2CCCC2)cc1. The molecule has 2 aromatic carbocycles. The van der Waals surface area contributed by atoms with Crippen LogP contribution in [-0.2, 0) is 11.3 Å². The highest BCUT2D eigenvalue weighted by atomic mass is 16.5. The van der Waals surface area contributed by atoms with Crippen LogP contribution in [0.3, 0.4) is 0 Å². The van der Waals surface area contributed by atoms with Crippen molar-refractivity contribution in [3.63, 3.8) is 0 Å². The lowest BCUT2D eigenvalue weighted by molar-refractivity contribution is -0.122. The van der Waals surface area contributed by atoms with Crippen molar-refractivity contribution < 1.29 is 9.53 Å². The molecule has 2 heterocycles. The maximum absolute atomic E-state index is 12.6. The summed E-state index contributed by atoms with van der Waals surface area (Å²) in [6.07, 6.45) is 2.40. The van der Waals surface area contributed by atoms with Gasteiger partial charge in [-0.25, -0.2) is 4.68 Å². The minimum Gasteiger partial charge on any atom is -0.497 e. The third-order valence-corrected chi connectivity index (χ3v) is 5.29. The molecule has 1 N–H and O–H groups in total. The van der Waals surface area contributed by atoms with Crippen molar-refractivity contribution in [2.45, 2.75) is 25.4 Å². The van der Waals surface area contributed by atoms with Gasteiger partial charge in [0.2, 0.25) is 5.91 Å². The maximum atomic E-state index is 12.6. The highest BCUT2D eigenvalue weighted by molar-refractivity contribution is 5.79. The average molecular weight is 379 g/mol. The Hall–Kier alpha value is -2.93. The molecule has 146 valence electrons. The summed E-state index contributed by atoms with van der Waals surface area (Å²) in [5, 5.41) is 11.3. The number of amides is 1. The molecule has 1 unspecified atom stereocenters. The third kappa shape index (κ3) is 3.99. The molecule has 1 aromatic heterocycles. The van der Waals surface area contributed by atoms with Gasteiger partial charge in [0.25, 0.3) is 0 Å². The number of hydrogen-bond donors (Lipinski definition) is 1. The molecule has 1 amide bonds. The first kappa shape index (κ1) is 18.4. The van der Waals surface area contributed by atoms with Gasteiger partial charge in [-0.15, -0.1) is 5.10 Å². The number of ether oxygens (including phenoxy) is 1. The van der Waals surface area contributed by atoms with Crippen LogP contribution >= 0.6 is 0 Å². The fraction of sp³-hybridized carbons (Fsp3) is 0.381. The zero-order valence-corrected chi connectivity index (χ0v) is 16.0. The van der Waals surface area contributed by atoms with E-state index in [1.165, 1.54) is 18.4 Å². The van der Waals surface area contributed by atoms with Gasteiger partial charge in [-0.1, -0.05) is 29.5 Å². The van der Waals surface area contributed by atoms with Gasteiger partial charge < -0.3 is 10.1 Å². The number of rotatable bonds is 7. The molecular weight excluding hydrogens is 354 g/mol. The summed E-state index contributed by atoms with van der Waals surface area (Å²) in [5.41, 5.74) is 2.85. The summed E-state index contributed by atoms with van der Waals surface area (Å²) in [7, 11) is 1.67. The number of methoxy groups -OCH3 is 1. The molecule has 0 aliphatic carbocycles. The molecule has 28 heavy (non-hydrogen) atoms. The van der Waals surface area contributed by atoms with E-state index in [9.17, 15) is 4.79 Å². The molecule has 0 radical (unpaired) electrons. The van der Waals surface area contributed by atoms with Crippen LogP contribution in [-0.4, -0.2) is 52.5 Å². The van der Waals surface area contributed by atoms with E-state index in [2.05, 4.69) is 32.7 Å². The number of carbonyl (C=O) groups excluding carboxylic acids is 1. The lowest BCUT2D eigenvalue weighted by Gasteiger charge is -2.28. The fourth-order valence-electron chi connectivity index (χ4n) is 3.77. The number of hydrogen-bond acceptors (Lipinski definition) is 5. The van der Waals surface area contributed by atoms with Crippen molar-refractivity contribution >= 4 is 16.9 Å². The van der Waals surface area contributed by atoms with Gasteiger partial charge in [0.1, 0.15) is 17.8 Å². The fourth-order valence-corrected chi connectivity index (χ4v) is 3.77. The van der Waals surface area contributed by atoms with Crippen molar-refractivity contribution in [3.8, 4) is 5.75 Å². The Labute approximate surface area is 164 Å². The summed E-state index contributed by atoms with van der Waals surface area (Å²) >= 11 is 0. The molecule has 1 atom stereocenters. The summed E-state index contributed by atoms with van der Waals surface area (Å²) in [6, 6.07) is 15.9. The van der Waals surface area contributed by atoms with Gasteiger partial charge in [-0.2, -0.15) is 0 Å². The van der Waals surface area contributed by atoms with Crippen molar-refractivity contribution in [1.82, 2.24) is 25.2 Å². The maximum Gasteiger partial charge on any atom is 0.241 e. The number of nitrogens with one attached hydrogen (secondary N) is 1. The number of likely N-dealkylation sites (tertiary alicyclic amines) is 1. The predicted octanol–water partition coefficient (Wildman–Crippen LogP) is 2.39. The zero-order chi connectivity index (χ0) is 19.3. The van der Waals surface area contributed by atoms with Crippen LogP contribution in [0.5, 0.6) is 5.75 Å². The molecule has 0 saturated carbocycles. The van der Waals surface area contributed by atoms with Gasteiger partial charge in [0.15, 0.2) is 0 Å². The van der Waals surface area contributed by atoms with E-state index in [-0.39, 0.29) is 18.5 Å². The van der Waals surface area contributed by atoms with Gasteiger partial charge in [-0.3, -0.25) is 9.69 Å². The van der Waals surface area contributed by atoms with Gasteiger partial charge in [-0.05, 0) is 55.8 Å². The first-order chi connectivity index (χ1) is 13.7. The second kappa shape index (κ2) is 8.39. The number of nitrogens with zero attached hydrogens (tertiary/aromatic N) is 4. The second-order valence-electron chi connectivity index (χ2n) is 7.07. The Kier molecular flexibility index (Phi) is 5.53. The number of para-hydroxylation sites is 1. The third-order valence-electron chi connectivity index (χ3n) is 5.29. The largest absolute Gasteiger partial charge is 0.497 e. The zero-order valence-electron chi connectivity index (χ0n) is 16.0. The molecule has 1 aliphatic rings. The van der Waals surface area contributed by atoms with Crippen LogP contribution in [0.4, 0.5) is 0 Å². The first-order valence-corrected chi connectivity index (χ1v) is 9.67. The van der Waals surface area contributed by atoms with Gasteiger partial charge in [0, 0.05) is 6.54 Å². The smallest absolute Gasteiger partial charge is 0.241 e. The topological polar surface area (TPSA) is 72.3 Å². The van der Waals surface area contributed by atoms with Crippen molar-refractivity contribution in [1.29, 1.82) is 0 Å². The molecule has 1 fully saturated rings. The Morgan fingerprint density at radius 2 is 1.89 bits per heavy atom.